The molecule has 0 radical (unpaired) electrons. The number of hydrogen-bond acceptors (Lipinski definition) is 4. The van der Waals surface area contributed by atoms with Crippen molar-refractivity contribution in [1.82, 2.24) is 14.2 Å². The van der Waals surface area contributed by atoms with Gasteiger partial charge >= 0.3 is 0 Å². The molecule has 2 heterocycles. The number of nitrogens with zero attached hydrogens (tertiary/aromatic N) is 3. The number of alkyl halides is 2. The molecule has 0 fully saturated rings. The molecule has 2 rings (SSSR count). The number of rotatable bonds is 5. The topological polar surface area (TPSA) is 42.7 Å². The first-order valence-electron chi connectivity index (χ1n) is 4.68. The molecule has 4 nitrogen and oxygen atoms in total. The Bertz CT molecular complexity index is 426. The van der Waals surface area contributed by atoms with E-state index in [9.17, 15) is 8.78 Å². The number of nitrogens with one attached hydrogen (secondary N) is 1. The summed E-state index contributed by atoms with van der Waals surface area (Å²) in [6.07, 6.45) is 0.905. The normalized spacial score (nSPS) is 10.9. The predicted octanol–water partition coefficient (Wildman–Crippen LogP) is 2.22. The highest BCUT2D eigenvalue weighted by Gasteiger charge is 2.05. The molecule has 16 heavy (non-hydrogen) atoms. The molecule has 2 aromatic rings. The van der Waals surface area contributed by atoms with E-state index in [-0.39, 0.29) is 6.54 Å². The second kappa shape index (κ2) is 5.02. The minimum atomic E-state index is -2.38. The van der Waals surface area contributed by atoms with Crippen molar-refractivity contribution in [3.05, 3.63) is 29.4 Å². The van der Waals surface area contributed by atoms with Crippen molar-refractivity contribution in [3.8, 4) is 0 Å². The highest BCUT2D eigenvalue weighted by Crippen LogP contribution is 2.08. The number of halogens is 2. The molecule has 0 atom stereocenters. The molecule has 0 amide bonds. The van der Waals surface area contributed by atoms with Crippen LogP contribution in [0.1, 0.15) is 5.56 Å². The lowest BCUT2D eigenvalue weighted by molar-refractivity contribution is 0.122. The summed E-state index contributed by atoms with van der Waals surface area (Å²) in [6.45, 7) is 0.226. The molecular weight excluding hydrogens is 234 g/mol. The molecular formula is C9H10F2N4S. The molecule has 7 heteroatoms. The van der Waals surface area contributed by atoms with E-state index >= 15 is 0 Å². The molecule has 0 unspecified atom stereocenters. The maximum absolute atomic E-state index is 12.1. The Morgan fingerprint density at radius 1 is 1.50 bits per heavy atom. The van der Waals surface area contributed by atoms with Gasteiger partial charge in [0.2, 0.25) is 0 Å². The molecule has 0 aromatic carbocycles. The quantitative estimate of drug-likeness (QED) is 0.877. The largest absolute Gasteiger partial charge is 0.364 e. The molecule has 0 saturated carbocycles. The van der Waals surface area contributed by atoms with Crippen LogP contribution in [-0.4, -0.2) is 20.6 Å². The standard InChI is InChI=1S/C9H10F2N4S/c10-8(11)5-15-2-1-9(14-15)12-3-7-4-13-16-6-7/h1-2,4,6,8H,3,5H2,(H,12,14). The van der Waals surface area contributed by atoms with Crippen LogP contribution in [0.25, 0.3) is 0 Å². The fourth-order valence-electron chi connectivity index (χ4n) is 1.21. The van der Waals surface area contributed by atoms with E-state index < -0.39 is 6.43 Å². The Morgan fingerprint density at radius 3 is 3.06 bits per heavy atom. The first-order chi connectivity index (χ1) is 7.74. The summed E-state index contributed by atoms with van der Waals surface area (Å²) in [4.78, 5) is 0. The fraction of sp³-hybridized carbons (Fsp3) is 0.333. The SMILES string of the molecule is FC(F)Cn1ccc(NCc2cnsc2)n1. The van der Waals surface area contributed by atoms with E-state index in [0.717, 1.165) is 5.56 Å². The van der Waals surface area contributed by atoms with E-state index in [1.54, 1.807) is 12.3 Å². The van der Waals surface area contributed by atoms with Gasteiger partial charge in [0.25, 0.3) is 6.43 Å². The number of hydrogen-bond donors (Lipinski definition) is 1. The highest BCUT2D eigenvalue weighted by molar-refractivity contribution is 7.03. The Labute approximate surface area is 95.1 Å². The summed E-state index contributed by atoms with van der Waals surface area (Å²) in [7, 11) is 0. The summed E-state index contributed by atoms with van der Waals surface area (Å²) in [5, 5.41) is 8.91. The van der Waals surface area contributed by atoms with Crippen molar-refractivity contribution < 1.29 is 8.78 Å². The minimum absolute atomic E-state index is 0.373. The van der Waals surface area contributed by atoms with Gasteiger partial charge in [-0.15, -0.1) is 0 Å². The van der Waals surface area contributed by atoms with Crippen LogP contribution in [0.5, 0.6) is 0 Å². The first-order valence-corrected chi connectivity index (χ1v) is 5.51. The lowest BCUT2D eigenvalue weighted by atomic mass is 10.4. The first kappa shape index (κ1) is 11.0. The van der Waals surface area contributed by atoms with Crippen LogP contribution in [0.4, 0.5) is 14.6 Å². The van der Waals surface area contributed by atoms with Gasteiger partial charge in [-0.05, 0) is 11.5 Å². The molecule has 0 spiro atoms. The summed E-state index contributed by atoms with van der Waals surface area (Å²) in [5.74, 6) is 0.590. The molecule has 0 aliphatic carbocycles. The van der Waals surface area contributed by atoms with Crippen molar-refractivity contribution in [2.24, 2.45) is 0 Å². The van der Waals surface area contributed by atoms with E-state index in [1.807, 2.05) is 5.38 Å². The van der Waals surface area contributed by atoms with Gasteiger partial charge in [0.1, 0.15) is 12.4 Å². The zero-order valence-electron chi connectivity index (χ0n) is 8.31. The van der Waals surface area contributed by atoms with Crippen molar-refractivity contribution in [1.29, 1.82) is 0 Å². The van der Waals surface area contributed by atoms with Gasteiger partial charge in [0.05, 0.1) is 0 Å². The lowest BCUT2D eigenvalue weighted by Crippen LogP contribution is -2.07. The van der Waals surface area contributed by atoms with Crippen LogP contribution >= 0.6 is 11.5 Å². The molecule has 0 aliphatic rings. The number of anilines is 1. The summed E-state index contributed by atoms with van der Waals surface area (Å²) >= 11 is 1.37. The predicted molar refractivity (Wildman–Crippen MR) is 57.7 cm³/mol. The smallest absolute Gasteiger partial charge is 0.257 e. The third-order valence-corrected chi connectivity index (χ3v) is 2.56. The second-order valence-corrected chi connectivity index (χ2v) is 3.86. The summed E-state index contributed by atoms with van der Waals surface area (Å²) in [6, 6.07) is 1.67. The van der Waals surface area contributed by atoms with Gasteiger partial charge in [-0.1, -0.05) is 0 Å². The van der Waals surface area contributed by atoms with Crippen LogP contribution in [0.2, 0.25) is 0 Å². The molecule has 0 bridgehead atoms. The second-order valence-electron chi connectivity index (χ2n) is 3.20. The zero-order chi connectivity index (χ0) is 11.4. The van der Waals surface area contributed by atoms with Crippen molar-refractivity contribution in [2.45, 2.75) is 19.5 Å². The van der Waals surface area contributed by atoms with Crippen LogP contribution in [0.15, 0.2) is 23.8 Å². The van der Waals surface area contributed by atoms with E-state index in [2.05, 4.69) is 14.8 Å². The van der Waals surface area contributed by atoms with Crippen LogP contribution in [0.3, 0.4) is 0 Å². The zero-order valence-corrected chi connectivity index (χ0v) is 9.12. The van der Waals surface area contributed by atoms with E-state index in [1.165, 1.54) is 22.4 Å². The van der Waals surface area contributed by atoms with Gasteiger partial charge < -0.3 is 5.32 Å². The monoisotopic (exact) mass is 244 g/mol. The maximum Gasteiger partial charge on any atom is 0.257 e. The molecule has 86 valence electrons. The average Bonchev–Trinajstić information content (AvgIpc) is 2.84. The molecule has 1 N–H and O–H groups in total. The average molecular weight is 244 g/mol. The van der Waals surface area contributed by atoms with Gasteiger partial charge in [-0.3, -0.25) is 4.68 Å². The highest BCUT2D eigenvalue weighted by atomic mass is 32.1. The van der Waals surface area contributed by atoms with Gasteiger partial charge in [-0.25, -0.2) is 13.2 Å². The fourth-order valence-corrected chi connectivity index (χ4v) is 1.74. The summed E-state index contributed by atoms with van der Waals surface area (Å²) < 4.78 is 29.3. The maximum atomic E-state index is 12.1. The molecule has 0 saturated heterocycles. The number of aromatic nitrogens is 3. The van der Waals surface area contributed by atoms with E-state index in [0.29, 0.717) is 12.4 Å². The van der Waals surface area contributed by atoms with Crippen molar-refractivity contribution in [2.75, 3.05) is 5.32 Å². The lowest BCUT2D eigenvalue weighted by Gasteiger charge is -2.01. The molecule has 2 aromatic heterocycles. The van der Waals surface area contributed by atoms with Crippen LogP contribution < -0.4 is 5.32 Å². The van der Waals surface area contributed by atoms with Crippen LogP contribution in [-0.2, 0) is 13.1 Å². The Hall–Kier alpha value is -1.50. The Kier molecular flexibility index (Phi) is 3.45. The van der Waals surface area contributed by atoms with Gasteiger partial charge in [0, 0.05) is 35.9 Å². The Balaban J connectivity index is 1.88. The third-order valence-electron chi connectivity index (χ3n) is 1.92. The minimum Gasteiger partial charge on any atom is -0.364 e. The van der Waals surface area contributed by atoms with Gasteiger partial charge in [0.15, 0.2) is 0 Å². The van der Waals surface area contributed by atoms with Crippen LogP contribution in [0, 0.1) is 0 Å². The van der Waals surface area contributed by atoms with Crippen molar-refractivity contribution in [3.63, 3.8) is 0 Å². The van der Waals surface area contributed by atoms with Gasteiger partial charge in [-0.2, -0.15) is 5.10 Å². The Morgan fingerprint density at radius 2 is 2.38 bits per heavy atom. The molecule has 0 aliphatic heterocycles. The summed E-state index contributed by atoms with van der Waals surface area (Å²) in [5.41, 5.74) is 1.05. The third kappa shape index (κ3) is 2.99. The van der Waals surface area contributed by atoms with E-state index in [4.69, 9.17) is 0 Å². The van der Waals surface area contributed by atoms with Crippen molar-refractivity contribution >= 4 is 17.4 Å².